The van der Waals surface area contributed by atoms with Gasteiger partial charge in [-0.3, -0.25) is 4.79 Å². The molecule has 0 spiro atoms. The largest absolute Gasteiger partial charge is 0.496 e. The Balaban J connectivity index is 3.19. The lowest BCUT2D eigenvalue weighted by molar-refractivity contribution is -0.138. The van der Waals surface area contributed by atoms with Crippen molar-refractivity contribution in [2.75, 3.05) is 7.11 Å². The molecule has 0 aliphatic rings. The quantitative estimate of drug-likeness (QED) is 0.869. The van der Waals surface area contributed by atoms with E-state index in [4.69, 9.17) is 9.84 Å². The van der Waals surface area contributed by atoms with Crippen molar-refractivity contribution in [3.63, 3.8) is 0 Å². The monoisotopic (exact) mass is 250 g/mol. The third kappa shape index (κ3) is 3.25. The van der Waals surface area contributed by atoms with E-state index < -0.39 is 5.97 Å². The molecule has 0 saturated carbocycles. The molecule has 3 heteroatoms. The maximum Gasteiger partial charge on any atom is 0.304 e. The van der Waals surface area contributed by atoms with Crippen LogP contribution in [-0.4, -0.2) is 18.2 Å². The van der Waals surface area contributed by atoms with E-state index in [1.165, 1.54) is 0 Å². The van der Waals surface area contributed by atoms with Gasteiger partial charge in [-0.05, 0) is 23.1 Å². The molecule has 100 valence electrons. The number of methoxy groups -OCH3 is 1. The van der Waals surface area contributed by atoms with Crippen molar-refractivity contribution in [1.82, 2.24) is 0 Å². The summed E-state index contributed by atoms with van der Waals surface area (Å²) in [5.41, 5.74) is 1.78. The first kappa shape index (κ1) is 14.6. The number of hydrogen-bond donors (Lipinski definition) is 1. The summed E-state index contributed by atoms with van der Waals surface area (Å²) in [4.78, 5) is 10.9. The molecule has 3 nitrogen and oxygen atoms in total. The van der Waals surface area contributed by atoms with Crippen LogP contribution in [0.15, 0.2) is 18.2 Å². The van der Waals surface area contributed by atoms with E-state index in [1.54, 1.807) is 7.11 Å². The third-order valence-corrected chi connectivity index (χ3v) is 3.23. The minimum Gasteiger partial charge on any atom is -0.496 e. The number of benzene rings is 1. The number of rotatable bonds is 5. The van der Waals surface area contributed by atoms with Crippen LogP contribution in [0.2, 0.25) is 0 Å². The second-order valence-electron chi connectivity index (χ2n) is 5.57. The summed E-state index contributed by atoms with van der Waals surface area (Å²) >= 11 is 0. The second-order valence-corrected chi connectivity index (χ2v) is 5.57. The lowest BCUT2D eigenvalue weighted by Crippen LogP contribution is -2.22. The maximum absolute atomic E-state index is 10.9. The van der Waals surface area contributed by atoms with Crippen molar-refractivity contribution in [1.29, 1.82) is 0 Å². The molecule has 0 radical (unpaired) electrons. The van der Waals surface area contributed by atoms with Crippen LogP contribution in [0.5, 0.6) is 5.75 Å². The third-order valence-electron chi connectivity index (χ3n) is 3.23. The van der Waals surface area contributed by atoms with Crippen LogP contribution in [0.25, 0.3) is 0 Å². The summed E-state index contributed by atoms with van der Waals surface area (Å²) in [6, 6.07) is 5.94. The molecule has 0 amide bonds. The van der Waals surface area contributed by atoms with E-state index in [2.05, 4.69) is 19.9 Å². The predicted molar refractivity (Wildman–Crippen MR) is 72.4 cm³/mol. The molecule has 1 aromatic carbocycles. The lowest BCUT2D eigenvalue weighted by atomic mass is 9.80. The summed E-state index contributed by atoms with van der Waals surface area (Å²) < 4.78 is 5.34. The van der Waals surface area contributed by atoms with Gasteiger partial charge < -0.3 is 9.84 Å². The molecule has 1 rings (SSSR count). The Hall–Kier alpha value is -1.51. The summed E-state index contributed by atoms with van der Waals surface area (Å²) in [5.74, 6) is 0.433. The smallest absolute Gasteiger partial charge is 0.304 e. The molecule has 0 heterocycles. The Labute approximate surface area is 109 Å². The average Bonchev–Trinajstić information content (AvgIpc) is 2.26. The Morgan fingerprint density at radius 2 is 2.00 bits per heavy atom. The van der Waals surface area contributed by atoms with E-state index in [-0.39, 0.29) is 11.8 Å². The lowest BCUT2D eigenvalue weighted by Gasteiger charge is -2.25. The molecule has 0 atom stereocenters. The number of aliphatic carboxylic acids is 1. The van der Waals surface area contributed by atoms with Crippen LogP contribution < -0.4 is 4.74 Å². The minimum absolute atomic E-state index is 0.122. The highest BCUT2D eigenvalue weighted by molar-refractivity contribution is 5.69. The molecule has 0 aromatic heterocycles. The SMILES string of the molecule is COc1ccc(C(C)(C)CC(=O)O)cc1C(C)C. The molecule has 0 fully saturated rings. The zero-order valence-corrected chi connectivity index (χ0v) is 11.8. The molecule has 0 saturated heterocycles. The molecule has 0 unspecified atom stereocenters. The summed E-state index contributed by atoms with van der Waals surface area (Å²) in [6.07, 6.45) is 0.122. The Bertz CT molecular complexity index is 433. The number of carbonyl (C=O) groups is 1. The topological polar surface area (TPSA) is 46.5 Å². The fourth-order valence-corrected chi connectivity index (χ4v) is 2.09. The zero-order chi connectivity index (χ0) is 13.9. The van der Waals surface area contributed by atoms with Gasteiger partial charge >= 0.3 is 5.97 Å². The highest BCUT2D eigenvalue weighted by Gasteiger charge is 2.25. The molecule has 0 bridgehead atoms. The zero-order valence-electron chi connectivity index (χ0n) is 11.8. The van der Waals surface area contributed by atoms with Gasteiger partial charge in [0.25, 0.3) is 0 Å². The Morgan fingerprint density at radius 1 is 1.39 bits per heavy atom. The van der Waals surface area contributed by atoms with Crippen molar-refractivity contribution in [2.45, 2.75) is 45.4 Å². The van der Waals surface area contributed by atoms with Crippen LogP contribution in [0.3, 0.4) is 0 Å². The van der Waals surface area contributed by atoms with E-state index in [1.807, 2.05) is 26.0 Å². The summed E-state index contributed by atoms with van der Waals surface area (Å²) in [6.45, 7) is 8.11. The molecule has 18 heavy (non-hydrogen) atoms. The average molecular weight is 250 g/mol. The molecule has 1 N–H and O–H groups in total. The number of ether oxygens (including phenoxy) is 1. The first-order valence-corrected chi connectivity index (χ1v) is 6.18. The van der Waals surface area contributed by atoms with Crippen LogP contribution in [0.4, 0.5) is 0 Å². The second kappa shape index (κ2) is 5.42. The normalized spacial score (nSPS) is 11.7. The van der Waals surface area contributed by atoms with Gasteiger partial charge in [0, 0.05) is 5.41 Å². The van der Waals surface area contributed by atoms with Gasteiger partial charge in [-0.2, -0.15) is 0 Å². The van der Waals surface area contributed by atoms with Gasteiger partial charge in [-0.1, -0.05) is 39.8 Å². The summed E-state index contributed by atoms with van der Waals surface area (Å²) in [5, 5.41) is 8.96. The van der Waals surface area contributed by atoms with Crippen LogP contribution in [0.1, 0.15) is 51.2 Å². The van der Waals surface area contributed by atoms with E-state index in [0.717, 1.165) is 16.9 Å². The fourth-order valence-electron chi connectivity index (χ4n) is 2.09. The first-order valence-electron chi connectivity index (χ1n) is 6.18. The molecule has 0 aliphatic heterocycles. The van der Waals surface area contributed by atoms with Gasteiger partial charge in [0.2, 0.25) is 0 Å². The summed E-state index contributed by atoms with van der Waals surface area (Å²) in [7, 11) is 1.66. The molecular formula is C15H22O3. The number of hydrogen-bond acceptors (Lipinski definition) is 2. The van der Waals surface area contributed by atoms with Crippen LogP contribution >= 0.6 is 0 Å². The van der Waals surface area contributed by atoms with Gasteiger partial charge in [-0.15, -0.1) is 0 Å². The highest BCUT2D eigenvalue weighted by Crippen LogP contribution is 2.33. The minimum atomic E-state index is -0.776. The highest BCUT2D eigenvalue weighted by atomic mass is 16.5. The standard InChI is InChI=1S/C15H22O3/c1-10(2)12-8-11(6-7-13(12)18-5)15(3,4)9-14(16)17/h6-8,10H,9H2,1-5H3,(H,16,17). The number of carboxylic acids is 1. The van der Waals surface area contributed by atoms with Gasteiger partial charge in [0.1, 0.15) is 5.75 Å². The van der Waals surface area contributed by atoms with Crippen molar-refractivity contribution in [3.05, 3.63) is 29.3 Å². The van der Waals surface area contributed by atoms with Crippen molar-refractivity contribution in [3.8, 4) is 5.75 Å². The van der Waals surface area contributed by atoms with Crippen LogP contribution in [-0.2, 0) is 10.2 Å². The number of carboxylic acid groups (broad SMARTS) is 1. The first-order chi connectivity index (χ1) is 8.27. The van der Waals surface area contributed by atoms with Gasteiger partial charge in [0.05, 0.1) is 13.5 Å². The van der Waals surface area contributed by atoms with E-state index in [9.17, 15) is 4.79 Å². The maximum atomic E-state index is 10.9. The molecular weight excluding hydrogens is 228 g/mol. The Morgan fingerprint density at radius 3 is 2.44 bits per heavy atom. The fraction of sp³-hybridized carbons (Fsp3) is 0.533. The van der Waals surface area contributed by atoms with E-state index >= 15 is 0 Å². The van der Waals surface area contributed by atoms with Gasteiger partial charge in [-0.25, -0.2) is 0 Å². The Kier molecular flexibility index (Phi) is 4.38. The molecule has 1 aromatic rings. The molecule has 0 aliphatic carbocycles. The van der Waals surface area contributed by atoms with Gasteiger partial charge in [0.15, 0.2) is 0 Å². The van der Waals surface area contributed by atoms with Crippen LogP contribution in [0, 0.1) is 0 Å². The predicted octanol–water partition coefficient (Wildman–Crippen LogP) is 3.57. The van der Waals surface area contributed by atoms with Crippen molar-refractivity contribution in [2.24, 2.45) is 0 Å². The van der Waals surface area contributed by atoms with Crippen molar-refractivity contribution >= 4 is 5.97 Å². The van der Waals surface area contributed by atoms with Crippen molar-refractivity contribution < 1.29 is 14.6 Å². The van der Waals surface area contributed by atoms with E-state index in [0.29, 0.717) is 5.92 Å².